The van der Waals surface area contributed by atoms with Crippen molar-refractivity contribution in [3.05, 3.63) is 29.8 Å². The van der Waals surface area contributed by atoms with E-state index >= 15 is 0 Å². The van der Waals surface area contributed by atoms with Crippen LogP contribution in [-0.4, -0.2) is 66.3 Å². The van der Waals surface area contributed by atoms with E-state index < -0.39 is 18.5 Å². The van der Waals surface area contributed by atoms with Gasteiger partial charge in [-0.2, -0.15) is 5.26 Å². The second-order valence-corrected chi connectivity index (χ2v) is 6.25. The normalized spacial score (nSPS) is 13.4. The Labute approximate surface area is 162 Å². The Bertz CT molecular complexity index is 794. The highest BCUT2D eigenvalue weighted by Gasteiger charge is 2.22. The van der Waals surface area contributed by atoms with Crippen LogP contribution in [0.15, 0.2) is 24.3 Å². The summed E-state index contributed by atoms with van der Waals surface area (Å²) in [6, 6.07) is 8.43. The van der Waals surface area contributed by atoms with E-state index in [1.54, 1.807) is 34.1 Å². The number of carbonyl (C=O) groups excluding carboxylic acids is 4. The number of hydrogen-bond donors (Lipinski definition) is 1. The molecule has 0 spiro atoms. The molecule has 1 heterocycles. The molecule has 1 aliphatic heterocycles. The highest BCUT2D eigenvalue weighted by Crippen LogP contribution is 2.13. The smallest absolute Gasteiger partial charge is 0.306 e. The van der Waals surface area contributed by atoms with Gasteiger partial charge in [0, 0.05) is 39.5 Å². The Morgan fingerprint density at radius 2 is 1.71 bits per heavy atom. The molecule has 0 radical (unpaired) electrons. The maximum absolute atomic E-state index is 12.1. The molecule has 1 aliphatic rings. The maximum atomic E-state index is 12.1. The number of amides is 3. The zero-order chi connectivity index (χ0) is 20.5. The first kappa shape index (κ1) is 20.9. The number of para-hydroxylation sites is 1. The number of carbonyl (C=O) groups is 4. The van der Waals surface area contributed by atoms with Crippen LogP contribution in [0.25, 0.3) is 0 Å². The molecule has 1 aromatic carbocycles. The van der Waals surface area contributed by atoms with Gasteiger partial charge in [-0.05, 0) is 12.1 Å². The standard InChI is InChI=1S/C19H22N4O5/c1-14(24)22-8-10-23(11-9-22)18(26)6-7-19(27)28-13-17(25)21-16-5-3-2-4-15(16)12-20/h2-5H,6-11,13H2,1H3,(H,21,25). The summed E-state index contributed by atoms with van der Waals surface area (Å²) in [5, 5.41) is 11.5. The number of piperazine rings is 1. The lowest BCUT2D eigenvalue weighted by Gasteiger charge is -2.34. The van der Waals surface area contributed by atoms with Gasteiger partial charge in [0.15, 0.2) is 6.61 Å². The van der Waals surface area contributed by atoms with Crippen molar-refractivity contribution < 1.29 is 23.9 Å². The topological polar surface area (TPSA) is 120 Å². The number of esters is 1. The van der Waals surface area contributed by atoms with Gasteiger partial charge in [0.25, 0.3) is 5.91 Å². The van der Waals surface area contributed by atoms with Crippen molar-refractivity contribution in [1.29, 1.82) is 5.26 Å². The van der Waals surface area contributed by atoms with Gasteiger partial charge in [-0.15, -0.1) is 0 Å². The maximum Gasteiger partial charge on any atom is 0.306 e. The van der Waals surface area contributed by atoms with E-state index in [1.807, 2.05) is 6.07 Å². The van der Waals surface area contributed by atoms with E-state index in [1.165, 1.54) is 6.92 Å². The number of ether oxygens (including phenoxy) is 1. The molecule has 9 heteroatoms. The lowest BCUT2D eigenvalue weighted by atomic mass is 10.2. The Morgan fingerprint density at radius 3 is 2.36 bits per heavy atom. The van der Waals surface area contributed by atoms with Crippen molar-refractivity contribution in [1.82, 2.24) is 9.80 Å². The number of nitrogens with one attached hydrogen (secondary N) is 1. The van der Waals surface area contributed by atoms with Crippen molar-refractivity contribution in [2.45, 2.75) is 19.8 Å². The first-order valence-electron chi connectivity index (χ1n) is 8.88. The third-order valence-electron chi connectivity index (χ3n) is 4.31. The molecule has 0 aliphatic carbocycles. The van der Waals surface area contributed by atoms with Crippen LogP contribution in [-0.2, 0) is 23.9 Å². The van der Waals surface area contributed by atoms with Gasteiger partial charge in [-0.25, -0.2) is 0 Å². The Balaban J connectivity index is 1.68. The lowest BCUT2D eigenvalue weighted by Crippen LogP contribution is -2.50. The highest BCUT2D eigenvalue weighted by atomic mass is 16.5. The van der Waals surface area contributed by atoms with Gasteiger partial charge in [0.2, 0.25) is 11.8 Å². The molecular weight excluding hydrogens is 364 g/mol. The van der Waals surface area contributed by atoms with Crippen molar-refractivity contribution in [2.24, 2.45) is 0 Å². The number of hydrogen-bond acceptors (Lipinski definition) is 6. The van der Waals surface area contributed by atoms with Crippen LogP contribution in [0.1, 0.15) is 25.3 Å². The number of anilines is 1. The van der Waals surface area contributed by atoms with Crippen molar-refractivity contribution in [3.8, 4) is 6.07 Å². The molecule has 3 amide bonds. The van der Waals surface area contributed by atoms with E-state index in [2.05, 4.69) is 5.32 Å². The fourth-order valence-corrected chi connectivity index (χ4v) is 2.73. The van der Waals surface area contributed by atoms with Gasteiger partial charge in [-0.3, -0.25) is 19.2 Å². The molecule has 148 valence electrons. The van der Waals surface area contributed by atoms with E-state index in [9.17, 15) is 19.2 Å². The molecule has 2 rings (SSSR count). The molecule has 0 aromatic heterocycles. The Kier molecular flexibility index (Phi) is 7.51. The SMILES string of the molecule is CC(=O)N1CCN(C(=O)CCC(=O)OCC(=O)Nc2ccccc2C#N)CC1. The average molecular weight is 386 g/mol. The average Bonchev–Trinajstić information content (AvgIpc) is 2.70. The van der Waals surface area contributed by atoms with E-state index in [-0.39, 0.29) is 24.7 Å². The van der Waals surface area contributed by atoms with Crippen LogP contribution in [0.5, 0.6) is 0 Å². The molecule has 0 saturated carbocycles. The largest absolute Gasteiger partial charge is 0.456 e. The van der Waals surface area contributed by atoms with Crippen LogP contribution in [0.2, 0.25) is 0 Å². The molecule has 1 saturated heterocycles. The van der Waals surface area contributed by atoms with Crippen molar-refractivity contribution in [3.63, 3.8) is 0 Å². The van der Waals surface area contributed by atoms with E-state index in [4.69, 9.17) is 10.00 Å². The Morgan fingerprint density at radius 1 is 1.07 bits per heavy atom. The highest BCUT2D eigenvalue weighted by molar-refractivity contribution is 5.94. The molecule has 1 N–H and O–H groups in total. The summed E-state index contributed by atoms with van der Waals surface area (Å²) in [6.07, 6.45) is -0.147. The van der Waals surface area contributed by atoms with Gasteiger partial charge in [0.1, 0.15) is 6.07 Å². The Hall–Kier alpha value is -3.41. The molecule has 1 aromatic rings. The van der Waals surface area contributed by atoms with Crippen LogP contribution in [0.3, 0.4) is 0 Å². The lowest BCUT2D eigenvalue weighted by molar-refractivity contribution is -0.149. The van der Waals surface area contributed by atoms with Crippen LogP contribution in [0.4, 0.5) is 5.69 Å². The summed E-state index contributed by atoms with van der Waals surface area (Å²) in [6.45, 7) is 2.83. The molecule has 0 bridgehead atoms. The minimum atomic E-state index is -0.653. The fraction of sp³-hybridized carbons (Fsp3) is 0.421. The summed E-state index contributed by atoms with van der Waals surface area (Å²) in [7, 11) is 0. The van der Waals surface area contributed by atoms with E-state index in [0.717, 1.165) is 0 Å². The number of rotatable bonds is 6. The molecular formula is C19H22N4O5. The third-order valence-corrected chi connectivity index (χ3v) is 4.31. The third kappa shape index (κ3) is 6.09. The van der Waals surface area contributed by atoms with Gasteiger partial charge < -0.3 is 19.9 Å². The number of nitrogens with zero attached hydrogens (tertiary/aromatic N) is 3. The summed E-state index contributed by atoms with van der Waals surface area (Å²) in [5.41, 5.74) is 0.642. The van der Waals surface area contributed by atoms with Gasteiger partial charge >= 0.3 is 5.97 Å². The molecule has 1 fully saturated rings. The number of nitriles is 1. The molecule has 9 nitrogen and oxygen atoms in total. The fourth-order valence-electron chi connectivity index (χ4n) is 2.73. The monoisotopic (exact) mass is 386 g/mol. The first-order valence-corrected chi connectivity index (χ1v) is 8.88. The summed E-state index contributed by atoms with van der Waals surface area (Å²) in [4.78, 5) is 50.3. The first-order chi connectivity index (χ1) is 13.4. The molecule has 0 atom stereocenters. The van der Waals surface area contributed by atoms with Crippen LogP contribution in [0, 0.1) is 11.3 Å². The zero-order valence-corrected chi connectivity index (χ0v) is 15.6. The molecule has 0 unspecified atom stereocenters. The van der Waals surface area contributed by atoms with E-state index in [0.29, 0.717) is 37.4 Å². The summed E-state index contributed by atoms with van der Waals surface area (Å²) < 4.78 is 4.88. The van der Waals surface area contributed by atoms with Crippen molar-refractivity contribution >= 4 is 29.4 Å². The molecule has 28 heavy (non-hydrogen) atoms. The predicted molar refractivity (Wildman–Crippen MR) is 98.8 cm³/mol. The van der Waals surface area contributed by atoms with Crippen LogP contribution >= 0.6 is 0 Å². The minimum Gasteiger partial charge on any atom is -0.456 e. The number of benzene rings is 1. The van der Waals surface area contributed by atoms with Gasteiger partial charge in [0.05, 0.1) is 17.7 Å². The predicted octanol–water partition coefficient (Wildman–Crippen LogP) is 0.511. The second kappa shape index (κ2) is 10.1. The van der Waals surface area contributed by atoms with Crippen LogP contribution < -0.4 is 5.32 Å². The summed E-state index contributed by atoms with van der Waals surface area (Å²) in [5.74, 6) is -1.43. The minimum absolute atomic E-state index is 0.0161. The zero-order valence-electron chi connectivity index (χ0n) is 15.6. The quantitative estimate of drug-likeness (QED) is 0.712. The van der Waals surface area contributed by atoms with Crippen molar-refractivity contribution in [2.75, 3.05) is 38.1 Å². The second-order valence-electron chi connectivity index (χ2n) is 6.25. The summed E-state index contributed by atoms with van der Waals surface area (Å²) >= 11 is 0. The van der Waals surface area contributed by atoms with Gasteiger partial charge in [-0.1, -0.05) is 12.1 Å².